The van der Waals surface area contributed by atoms with Crippen LogP contribution < -0.4 is 5.32 Å². The van der Waals surface area contributed by atoms with Crippen LogP contribution in [0.15, 0.2) is 11.4 Å². The summed E-state index contributed by atoms with van der Waals surface area (Å²) in [4.78, 5) is 0. The third-order valence-electron chi connectivity index (χ3n) is 3.95. The fraction of sp³-hybridized carbons (Fsp3) is 0.692. The van der Waals surface area contributed by atoms with E-state index in [0.29, 0.717) is 12.0 Å². The van der Waals surface area contributed by atoms with Gasteiger partial charge < -0.3 is 10.1 Å². The van der Waals surface area contributed by atoms with E-state index in [1.165, 1.54) is 31.2 Å². The number of halogens is 1. The van der Waals surface area contributed by atoms with Gasteiger partial charge in [-0.15, -0.1) is 11.3 Å². The maximum absolute atomic E-state index is 6.06. The molecule has 0 radical (unpaired) electrons. The lowest BCUT2D eigenvalue weighted by Crippen LogP contribution is -2.38. The normalized spacial score (nSPS) is 34.1. The number of ether oxygens (including phenoxy) is 1. The van der Waals surface area contributed by atoms with Gasteiger partial charge in [0.2, 0.25) is 0 Å². The van der Waals surface area contributed by atoms with Crippen LogP contribution in [0.2, 0.25) is 4.34 Å². The van der Waals surface area contributed by atoms with Gasteiger partial charge in [0.15, 0.2) is 0 Å². The number of thiophene rings is 1. The van der Waals surface area contributed by atoms with Gasteiger partial charge in [-0.3, -0.25) is 0 Å². The average Bonchev–Trinajstić information content (AvgIpc) is 2.66. The van der Waals surface area contributed by atoms with Crippen LogP contribution in [-0.2, 0) is 4.74 Å². The number of hydrogen-bond acceptors (Lipinski definition) is 3. The Morgan fingerprint density at radius 3 is 3.06 bits per heavy atom. The molecule has 1 aromatic heterocycles. The summed E-state index contributed by atoms with van der Waals surface area (Å²) in [5, 5.41) is 5.79. The van der Waals surface area contributed by atoms with E-state index < -0.39 is 0 Å². The lowest BCUT2D eigenvalue weighted by atomic mass is 9.85. The van der Waals surface area contributed by atoms with Crippen molar-refractivity contribution in [3.8, 4) is 0 Å². The fourth-order valence-electron chi connectivity index (χ4n) is 2.94. The summed E-state index contributed by atoms with van der Waals surface area (Å²) >= 11 is 7.57. The van der Waals surface area contributed by atoms with E-state index in [2.05, 4.69) is 10.7 Å². The van der Waals surface area contributed by atoms with Gasteiger partial charge in [-0.05, 0) is 35.8 Å². The summed E-state index contributed by atoms with van der Waals surface area (Å²) in [6, 6.07) is 2.70. The molecule has 2 nitrogen and oxygen atoms in total. The zero-order valence-corrected chi connectivity index (χ0v) is 11.4. The van der Waals surface area contributed by atoms with E-state index in [1.807, 2.05) is 6.07 Å². The van der Waals surface area contributed by atoms with Crippen molar-refractivity contribution in [1.82, 2.24) is 5.32 Å². The van der Waals surface area contributed by atoms with Crippen LogP contribution in [0, 0.1) is 5.92 Å². The number of fused-ring (bicyclic) bond motifs is 1. The molecule has 3 unspecified atom stereocenters. The van der Waals surface area contributed by atoms with Gasteiger partial charge in [0.25, 0.3) is 0 Å². The summed E-state index contributed by atoms with van der Waals surface area (Å²) in [6.07, 6.45) is 5.54. The van der Waals surface area contributed by atoms with Crippen molar-refractivity contribution in [2.24, 2.45) is 5.92 Å². The summed E-state index contributed by atoms with van der Waals surface area (Å²) in [6.45, 7) is 1.82. The quantitative estimate of drug-likeness (QED) is 0.842. The second-order valence-corrected chi connectivity index (χ2v) is 6.61. The largest absolute Gasteiger partial charge is 0.372 e. The molecule has 0 spiro atoms. The third-order valence-corrected chi connectivity index (χ3v) is 5.05. The maximum Gasteiger partial charge on any atom is 0.0957 e. The van der Waals surface area contributed by atoms with Crippen molar-refractivity contribution in [2.75, 3.05) is 13.2 Å². The highest BCUT2D eigenvalue weighted by Gasteiger charge is 2.30. The molecule has 1 aromatic rings. The molecule has 17 heavy (non-hydrogen) atoms. The lowest BCUT2D eigenvalue weighted by molar-refractivity contribution is 0.0403. The summed E-state index contributed by atoms with van der Waals surface area (Å²) in [5.41, 5.74) is 1.23. The Balaban J connectivity index is 1.69. The first-order chi connectivity index (χ1) is 8.33. The van der Waals surface area contributed by atoms with Crippen LogP contribution in [0.4, 0.5) is 0 Å². The number of hydrogen-bond donors (Lipinski definition) is 1. The van der Waals surface area contributed by atoms with Crippen LogP contribution in [0.1, 0.15) is 37.4 Å². The highest BCUT2D eigenvalue weighted by Crippen LogP contribution is 2.32. The molecule has 2 aliphatic rings. The van der Waals surface area contributed by atoms with Gasteiger partial charge in [0, 0.05) is 12.6 Å². The SMILES string of the molecule is Clc1cc(C2CNC3CCCCC3CO2)cs1. The van der Waals surface area contributed by atoms with Crippen molar-refractivity contribution in [3.63, 3.8) is 0 Å². The Labute approximate surface area is 111 Å². The lowest BCUT2D eigenvalue weighted by Gasteiger charge is -2.29. The molecule has 2 heterocycles. The van der Waals surface area contributed by atoms with Gasteiger partial charge in [-0.1, -0.05) is 24.4 Å². The van der Waals surface area contributed by atoms with Crippen LogP contribution in [0.3, 0.4) is 0 Å². The van der Waals surface area contributed by atoms with Crippen LogP contribution >= 0.6 is 22.9 Å². The molecule has 1 aliphatic carbocycles. The number of nitrogens with one attached hydrogen (secondary N) is 1. The monoisotopic (exact) mass is 271 g/mol. The highest BCUT2D eigenvalue weighted by atomic mass is 35.5. The first-order valence-electron chi connectivity index (χ1n) is 6.42. The van der Waals surface area contributed by atoms with E-state index in [1.54, 1.807) is 11.3 Å². The van der Waals surface area contributed by atoms with Crippen molar-refractivity contribution in [2.45, 2.75) is 37.8 Å². The third kappa shape index (κ3) is 2.68. The van der Waals surface area contributed by atoms with Gasteiger partial charge in [0.05, 0.1) is 17.0 Å². The Kier molecular flexibility index (Phi) is 3.71. The summed E-state index contributed by atoms with van der Waals surface area (Å²) in [5.74, 6) is 0.711. The molecule has 1 saturated carbocycles. The molecule has 3 atom stereocenters. The van der Waals surface area contributed by atoms with Gasteiger partial charge in [-0.2, -0.15) is 0 Å². The Morgan fingerprint density at radius 2 is 2.24 bits per heavy atom. The highest BCUT2D eigenvalue weighted by molar-refractivity contribution is 7.14. The minimum Gasteiger partial charge on any atom is -0.372 e. The molecule has 1 aliphatic heterocycles. The Hall–Kier alpha value is -0.0900. The summed E-state index contributed by atoms with van der Waals surface area (Å²) < 4.78 is 6.91. The van der Waals surface area contributed by atoms with Crippen molar-refractivity contribution in [3.05, 3.63) is 21.3 Å². The maximum atomic E-state index is 6.06. The minimum absolute atomic E-state index is 0.185. The Morgan fingerprint density at radius 1 is 1.35 bits per heavy atom. The molecule has 0 aromatic carbocycles. The standard InChI is InChI=1S/C13H18ClNOS/c14-13-5-10(8-17-13)12-6-15-11-4-2-1-3-9(11)7-16-12/h5,8-9,11-12,15H,1-4,6-7H2. The van der Waals surface area contributed by atoms with E-state index in [9.17, 15) is 0 Å². The van der Waals surface area contributed by atoms with Gasteiger partial charge in [-0.25, -0.2) is 0 Å². The Bertz CT molecular complexity index is 365. The first-order valence-corrected chi connectivity index (χ1v) is 7.67. The van der Waals surface area contributed by atoms with E-state index >= 15 is 0 Å². The molecule has 2 fully saturated rings. The summed E-state index contributed by atoms with van der Waals surface area (Å²) in [7, 11) is 0. The second kappa shape index (κ2) is 5.27. The first kappa shape index (κ1) is 12.0. The molecular formula is C13H18ClNOS. The van der Waals surface area contributed by atoms with E-state index in [0.717, 1.165) is 17.5 Å². The molecule has 0 bridgehead atoms. The second-order valence-electron chi connectivity index (χ2n) is 5.07. The molecule has 4 heteroatoms. The zero-order valence-electron chi connectivity index (χ0n) is 9.82. The van der Waals surface area contributed by atoms with Crippen molar-refractivity contribution in [1.29, 1.82) is 0 Å². The van der Waals surface area contributed by atoms with Gasteiger partial charge in [0.1, 0.15) is 0 Å². The van der Waals surface area contributed by atoms with E-state index in [4.69, 9.17) is 16.3 Å². The smallest absolute Gasteiger partial charge is 0.0957 e. The molecule has 1 saturated heterocycles. The number of rotatable bonds is 1. The minimum atomic E-state index is 0.185. The average molecular weight is 272 g/mol. The molecule has 1 N–H and O–H groups in total. The van der Waals surface area contributed by atoms with Crippen molar-refractivity contribution < 1.29 is 4.74 Å². The van der Waals surface area contributed by atoms with Crippen LogP contribution in [-0.4, -0.2) is 19.2 Å². The van der Waals surface area contributed by atoms with Crippen LogP contribution in [0.5, 0.6) is 0 Å². The molecule has 3 rings (SSSR count). The van der Waals surface area contributed by atoms with Crippen molar-refractivity contribution >= 4 is 22.9 Å². The predicted molar refractivity (Wildman–Crippen MR) is 71.8 cm³/mol. The zero-order chi connectivity index (χ0) is 11.7. The predicted octanol–water partition coefficient (Wildman–Crippen LogP) is 3.62. The molecular weight excluding hydrogens is 254 g/mol. The molecule has 94 valence electrons. The van der Waals surface area contributed by atoms with Crippen LogP contribution in [0.25, 0.3) is 0 Å². The molecule has 0 amide bonds. The van der Waals surface area contributed by atoms with E-state index in [-0.39, 0.29) is 6.10 Å². The topological polar surface area (TPSA) is 21.3 Å². The fourth-order valence-corrected chi connectivity index (χ4v) is 3.87. The van der Waals surface area contributed by atoms with Gasteiger partial charge >= 0.3 is 0 Å².